The number of aliphatic hydroxyl groups excluding tert-OH is 1. The van der Waals surface area contributed by atoms with E-state index >= 15 is 0 Å². The van der Waals surface area contributed by atoms with Gasteiger partial charge in [0.25, 0.3) is 5.91 Å². The third kappa shape index (κ3) is 5.77. The summed E-state index contributed by atoms with van der Waals surface area (Å²) in [6, 6.07) is 10.6. The van der Waals surface area contributed by atoms with Crippen molar-refractivity contribution >= 4 is 17.4 Å². The number of nitrogens with zero attached hydrogens (tertiary/aromatic N) is 1. The van der Waals surface area contributed by atoms with Gasteiger partial charge < -0.3 is 25.2 Å². The van der Waals surface area contributed by atoms with Crippen LogP contribution in [-0.2, 0) is 4.79 Å². The van der Waals surface area contributed by atoms with E-state index in [0.717, 1.165) is 0 Å². The predicted molar refractivity (Wildman–Crippen MR) is 91.5 cm³/mol. The summed E-state index contributed by atoms with van der Waals surface area (Å²) in [5.41, 5.74) is 0.585. The Hall–Kier alpha value is -2.80. The molecule has 0 atom stereocenters. The highest BCUT2D eigenvalue weighted by Gasteiger charge is 2.05. The molecule has 0 spiro atoms. The van der Waals surface area contributed by atoms with E-state index in [0.29, 0.717) is 36.0 Å². The zero-order valence-electron chi connectivity index (χ0n) is 13.5. The smallest absolute Gasteiger partial charge is 0.262 e. The number of nitrogens with one attached hydrogen (secondary N) is 2. The van der Waals surface area contributed by atoms with Gasteiger partial charge in [0, 0.05) is 19.2 Å². The number of carbonyl (C=O) groups is 1. The van der Waals surface area contributed by atoms with Gasteiger partial charge in [-0.1, -0.05) is 6.07 Å². The molecule has 0 fully saturated rings. The van der Waals surface area contributed by atoms with Gasteiger partial charge in [-0.25, -0.2) is 4.98 Å². The summed E-state index contributed by atoms with van der Waals surface area (Å²) in [7, 11) is 1.57. The summed E-state index contributed by atoms with van der Waals surface area (Å²) in [5, 5.41) is 14.5. The minimum Gasteiger partial charge on any atom is -0.497 e. The van der Waals surface area contributed by atoms with Crippen LogP contribution in [0.1, 0.15) is 6.42 Å². The van der Waals surface area contributed by atoms with Crippen molar-refractivity contribution in [3.05, 3.63) is 42.6 Å². The maximum atomic E-state index is 11.9. The quantitative estimate of drug-likeness (QED) is 0.608. The monoisotopic (exact) mass is 331 g/mol. The second kappa shape index (κ2) is 9.36. The van der Waals surface area contributed by atoms with Crippen molar-refractivity contribution in [3.8, 4) is 11.5 Å². The van der Waals surface area contributed by atoms with Crippen molar-refractivity contribution in [2.45, 2.75) is 6.42 Å². The summed E-state index contributed by atoms with van der Waals surface area (Å²) < 4.78 is 10.5. The zero-order chi connectivity index (χ0) is 17.2. The molecule has 0 aliphatic carbocycles. The number of ether oxygens (including phenoxy) is 2. The number of anilines is 2. The Kier molecular flexibility index (Phi) is 6.85. The van der Waals surface area contributed by atoms with E-state index in [4.69, 9.17) is 14.6 Å². The molecule has 24 heavy (non-hydrogen) atoms. The van der Waals surface area contributed by atoms with Crippen LogP contribution in [-0.4, -0.2) is 42.9 Å². The first-order valence-corrected chi connectivity index (χ1v) is 7.59. The molecule has 1 amide bonds. The van der Waals surface area contributed by atoms with Crippen LogP contribution >= 0.6 is 0 Å². The molecule has 128 valence electrons. The fourth-order valence-electron chi connectivity index (χ4n) is 1.90. The number of methoxy groups -OCH3 is 1. The van der Waals surface area contributed by atoms with Crippen LogP contribution in [0.15, 0.2) is 42.6 Å². The number of hydrogen-bond acceptors (Lipinski definition) is 6. The van der Waals surface area contributed by atoms with Gasteiger partial charge in [-0.15, -0.1) is 0 Å². The van der Waals surface area contributed by atoms with Gasteiger partial charge in [0.05, 0.1) is 19.0 Å². The second-order valence-corrected chi connectivity index (χ2v) is 4.95. The summed E-state index contributed by atoms with van der Waals surface area (Å²) in [6.07, 6.45) is 2.21. The first kappa shape index (κ1) is 17.6. The first-order chi connectivity index (χ1) is 11.7. The minimum absolute atomic E-state index is 0.107. The Bertz CT molecular complexity index is 647. The van der Waals surface area contributed by atoms with E-state index in [1.165, 1.54) is 0 Å². The lowest BCUT2D eigenvalue weighted by Gasteiger charge is -2.09. The van der Waals surface area contributed by atoms with E-state index in [-0.39, 0.29) is 19.1 Å². The Labute approximate surface area is 140 Å². The van der Waals surface area contributed by atoms with Crippen molar-refractivity contribution in [1.29, 1.82) is 0 Å². The van der Waals surface area contributed by atoms with Crippen LogP contribution < -0.4 is 20.1 Å². The molecule has 0 bridgehead atoms. The van der Waals surface area contributed by atoms with Crippen LogP contribution in [0.4, 0.5) is 11.5 Å². The van der Waals surface area contributed by atoms with Gasteiger partial charge in [0.2, 0.25) is 0 Å². The predicted octanol–water partition coefficient (Wildman–Crippen LogP) is 1.90. The molecule has 0 radical (unpaired) electrons. The van der Waals surface area contributed by atoms with Gasteiger partial charge in [0.15, 0.2) is 6.61 Å². The van der Waals surface area contributed by atoms with Gasteiger partial charge >= 0.3 is 0 Å². The largest absolute Gasteiger partial charge is 0.497 e. The molecule has 3 N–H and O–H groups in total. The number of benzene rings is 1. The molecule has 2 rings (SSSR count). The van der Waals surface area contributed by atoms with E-state index in [1.54, 1.807) is 49.7 Å². The SMILES string of the molecule is COc1cccc(OCC(=O)Nc2ccc(NCCCO)nc2)c1. The van der Waals surface area contributed by atoms with Crippen LogP contribution in [0.3, 0.4) is 0 Å². The van der Waals surface area contributed by atoms with Crippen LogP contribution in [0.2, 0.25) is 0 Å². The number of carbonyl (C=O) groups excluding carboxylic acids is 1. The molecular weight excluding hydrogens is 310 g/mol. The number of hydrogen-bond donors (Lipinski definition) is 3. The van der Waals surface area contributed by atoms with E-state index in [2.05, 4.69) is 15.6 Å². The highest BCUT2D eigenvalue weighted by atomic mass is 16.5. The van der Waals surface area contributed by atoms with Crippen LogP contribution in [0, 0.1) is 0 Å². The van der Waals surface area contributed by atoms with Crippen molar-refractivity contribution in [3.63, 3.8) is 0 Å². The summed E-state index contributed by atoms with van der Waals surface area (Å²) in [4.78, 5) is 16.1. The molecular formula is C17H21N3O4. The molecule has 1 aromatic heterocycles. The lowest BCUT2D eigenvalue weighted by molar-refractivity contribution is -0.118. The molecule has 0 aliphatic rings. The van der Waals surface area contributed by atoms with E-state index in [1.807, 2.05) is 0 Å². The third-order valence-electron chi connectivity index (χ3n) is 3.10. The Morgan fingerprint density at radius 1 is 1.25 bits per heavy atom. The lowest BCUT2D eigenvalue weighted by atomic mass is 10.3. The number of pyridine rings is 1. The van der Waals surface area contributed by atoms with Crippen molar-refractivity contribution in [1.82, 2.24) is 4.98 Å². The van der Waals surface area contributed by atoms with Crippen molar-refractivity contribution < 1.29 is 19.4 Å². The average Bonchev–Trinajstić information content (AvgIpc) is 2.62. The van der Waals surface area contributed by atoms with Crippen LogP contribution in [0.25, 0.3) is 0 Å². The number of aromatic nitrogens is 1. The maximum absolute atomic E-state index is 11.9. The molecule has 7 nitrogen and oxygen atoms in total. The van der Waals surface area contributed by atoms with E-state index in [9.17, 15) is 4.79 Å². The molecule has 0 aliphatic heterocycles. The molecule has 0 saturated carbocycles. The average molecular weight is 331 g/mol. The van der Waals surface area contributed by atoms with Gasteiger partial charge in [0.1, 0.15) is 17.3 Å². The highest BCUT2D eigenvalue weighted by Crippen LogP contribution is 2.18. The van der Waals surface area contributed by atoms with Crippen LogP contribution in [0.5, 0.6) is 11.5 Å². The maximum Gasteiger partial charge on any atom is 0.262 e. The Morgan fingerprint density at radius 2 is 2.08 bits per heavy atom. The zero-order valence-corrected chi connectivity index (χ0v) is 13.5. The van der Waals surface area contributed by atoms with Gasteiger partial charge in [-0.2, -0.15) is 0 Å². The first-order valence-electron chi connectivity index (χ1n) is 7.59. The fraction of sp³-hybridized carbons (Fsp3) is 0.294. The Morgan fingerprint density at radius 3 is 2.79 bits per heavy atom. The summed E-state index contributed by atoms with van der Waals surface area (Å²) >= 11 is 0. The van der Waals surface area contributed by atoms with Crippen molar-refractivity contribution in [2.75, 3.05) is 37.5 Å². The fourth-order valence-corrected chi connectivity index (χ4v) is 1.90. The third-order valence-corrected chi connectivity index (χ3v) is 3.10. The molecule has 7 heteroatoms. The summed E-state index contributed by atoms with van der Waals surface area (Å²) in [6.45, 7) is 0.668. The van der Waals surface area contributed by atoms with Gasteiger partial charge in [-0.05, 0) is 30.7 Å². The molecule has 0 saturated heterocycles. The topological polar surface area (TPSA) is 92.7 Å². The molecule has 1 heterocycles. The van der Waals surface area contributed by atoms with E-state index < -0.39 is 0 Å². The standard InChI is InChI=1S/C17H21N3O4/c1-23-14-4-2-5-15(10-14)24-12-17(22)20-13-6-7-16(19-11-13)18-8-3-9-21/h2,4-7,10-11,21H,3,8-9,12H2,1H3,(H,18,19)(H,20,22). The number of amides is 1. The number of aliphatic hydroxyl groups is 1. The molecule has 1 aromatic carbocycles. The summed E-state index contributed by atoms with van der Waals surface area (Å²) in [5.74, 6) is 1.64. The Balaban J connectivity index is 1.79. The minimum atomic E-state index is -0.277. The van der Waals surface area contributed by atoms with Gasteiger partial charge in [-0.3, -0.25) is 4.79 Å². The normalized spacial score (nSPS) is 10.1. The number of rotatable bonds is 9. The second-order valence-electron chi connectivity index (χ2n) is 4.95. The van der Waals surface area contributed by atoms with Crippen molar-refractivity contribution in [2.24, 2.45) is 0 Å². The molecule has 0 unspecified atom stereocenters. The lowest BCUT2D eigenvalue weighted by Crippen LogP contribution is -2.20. The molecule has 2 aromatic rings. The highest BCUT2D eigenvalue weighted by molar-refractivity contribution is 5.91.